The number of aliphatic hydroxyl groups is 1. The third kappa shape index (κ3) is 2.40. The Morgan fingerprint density at radius 1 is 1.11 bits per heavy atom. The number of rotatable bonds is 1. The predicted octanol–water partition coefficient (Wildman–Crippen LogP) is 1.26. The number of aliphatic hydroxyl groups excluding tert-OH is 1. The number of carbonyl (C=O) groups excluding carboxylic acids is 1. The molecule has 0 aromatic heterocycles. The number of hydrogen-bond acceptors (Lipinski definition) is 3. The summed E-state index contributed by atoms with van der Waals surface area (Å²) in [5, 5.41) is 9.82. The Hall–Kier alpha value is -0.610. The molecular weight excluding hydrogens is 240 g/mol. The summed E-state index contributed by atoms with van der Waals surface area (Å²) in [5.74, 6) is 0.974. The van der Waals surface area contributed by atoms with Crippen LogP contribution in [0.3, 0.4) is 0 Å². The topological polar surface area (TPSA) is 66.6 Å². The van der Waals surface area contributed by atoms with Gasteiger partial charge in [0.05, 0.1) is 6.10 Å². The zero-order chi connectivity index (χ0) is 13.6. The molecule has 2 saturated heterocycles. The lowest BCUT2D eigenvalue weighted by atomic mass is 9.78. The van der Waals surface area contributed by atoms with Crippen LogP contribution in [0.2, 0.25) is 0 Å². The van der Waals surface area contributed by atoms with Crippen molar-refractivity contribution in [3.05, 3.63) is 0 Å². The van der Waals surface area contributed by atoms with Gasteiger partial charge in [-0.1, -0.05) is 6.92 Å². The maximum atomic E-state index is 12.8. The van der Waals surface area contributed by atoms with Gasteiger partial charge in [0.1, 0.15) is 0 Å². The molecule has 3 rings (SSSR count). The molecule has 3 aliphatic rings. The number of hydrogen-bond donors (Lipinski definition) is 2. The average Bonchev–Trinajstić information content (AvgIpc) is 2.64. The fraction of sp³-hybridized carbons (Fsp3) is 0.933. The molecule has 4 heteroatoms. The van der Waals surface area contributed by atoms with E-state index >= 15 is 0 Å². The standard InChI is InChI=1S/C15H26N2O2/c1-9-6-10(2-5-14(9)16)15(19)17-11-3-4-12(17)8-13(18)7-11/h9-14,18H,2-8,16H2,1H3. The number of nitrogens with two attached hydrogens (primary N) is 1. The summed E-state index contributed by atoms with van der Waals surface area (Å²) in [7, 11) is 0. The van der Waals surface area contributed by atoms with Crippen molar-refractivity contribution in [2.75, 3.05) is 0 Å². The van der Waals surface area contributed by atoms with Gasteiger partial charge in [-0.15, -0.1) is 0 Å². The zero-order valence-corrected chi connectivity index (χ0v) is 11.8. The average molecular weight is 266 g/mol. The molecule has 0 radical (unpaired) electrons. The van der Waals surface area contributed by atoms with E-state index in [9.17, 15) is 9.90 Å². The van der Waals surface area contributed by atoms with Gasteiger partial charge in [-0.25, -0.2) is 0 Å². The fourth-order valence-corrected chi connectivity index (χ4v) is 4.36. The van der Waals surface area contributed by atoms with Crippen LogP contribution in [0.5, 0.6) is 0 Å². The quantitative estimate of drug-likeness (QED) is 0.751. The van der Waals surface area contributed by atoms with Crippen LogP contribution < -0.4 is 5.73 Å². The van der Waals surface area contributed by atoms with Crippen LogP contribution in [-0.2, 0) is 4.79 Å². The van der Waals surface area contributed by atoms with E-state index in [0.29, 0.717) is 23.9 Å². The van der Waals surface area contributed by atoms with Crippen LogP contribution in [-0.4, -0.2) is 40.1 Å². The molecule has 2 bridgehead atoms. The third-order valence-electron chi connectivity index (χ3n) is 5.55. The first kappa shape index (κ1) is 13.4. The largest absolute Gasteiger partial charge is 0.393 e. The van der Waals surface area contributed by atoms with E-state index in [0.717, 1.165) is 44.9 Å². The second-order valence-corrected chi connectivity index (χ2v) is 6.91. The smallest absolute Gasteiger partial charge is 0.226 e. The van der Waals surface area contributed by atoms with Crippen molar-refractivity contribution in [3.8, 4) is 0 Å². The molecule has 2 aliphatic heterocycles. The van der Waals surface area contributed by atoms with Crippen LogP contribution >= 0.6 is 0 Å². The minimum Gasteiger partial charge on any atom is -0.393 e. The predicted molar refractivity (Wildman–Crippen MR) is 73.4 cm³/mol. The molecule has 1 aliphatic carbocycles. The summed E-state index contributed by atoms with van der Waals surface area (Å²) in [4.78, 5) is 14.9. The lowest BCUT2D eigenvalue weighted by molar-refractivity contribution is -0.143. The molecule has 4 nitrogen and oxygen atoms in total. The first-order valence-electron chi connectivity index (χ1n) is 7.82. The minimum atomic E-state index is -0.194. The van der Waals surface area contributed by atoms with Gasteiger partial charge < -0.3 is 15.7 Å². The van der Waals surface area contributed by atoms with Crippen LogP contribution in [0.25, 0.3) is 0 Å². The number of nitrogens with zero attached hydrogens (tertiary/aromatic N) is 1. The van der Waals surface area contributed by atoms with Crippen LogP contribution in [0, 0.1) is 11.8 Å². The second kappa shape index (κ2) is 5.06. The van der Waals surface area contributed by atoms with Crippen molar-refractivity contribution < 1.29 is 9.90 Å². The maximum Gasteiger partial charge on any atom is 0.226 e. The maximum absolute atomic E-state index is 12.8. The lowest BCUT2D eigenvalue weighted by Gasteiger charge is -2.41. The Labute approximate surface area is 115 Å². The molecule has 3 fully saturated rings. The summed E-state index contributed by atoms with van der Waals surface area (Å²) in [5.41, 5.74) is 6.05. The second-order valence-electron chi connectivity index (χ2n) is 6.91. The Bertz CT molecular complexity index is 346. The number of amides is 1. The molecular formula is C15H26N2O2. The van der Waals surface area contributed by atoms with Crippen LogP contribution in [0.4, 0.5) is 0 Å². The molecule has 1 saturated carbocycles. The Kier molecular flexibility index (Phi) is 3.56. The highest BCUT2D eigenvalue weighted by Crippen LogP contribution is 2.39. The van der Waals surface area contributed by atoms with Crippen LogP contribution in [0.1, 0.15) is 51.9 Å². The molecule has 5 atom stereocenters. The molecule has 3 N–H and O–H groups in total. The highest BCUT2D eigenvalue weighted by atomic mass is 16.3. The monoisotopic (exact) mass is 266 g/mol. The van der Waals surface area contributed by atoms with Gasteiger partial charge in [0.15, 0.2) is 0 Å². The zero-order valence-electron chi connectivity index (χ0n) is 11.8. The van der Waals surface area contributed by atoms with Crippen molar-refractivity contribution >= 4 is 5.91 Å². The van der Waals surface area contributed by atoms with Crippen molar-refractivity contribution in [1.82, 2.24) is 4.90 Å². The lowest BCUT2D eigenvalue weighted by Crippen LogP contribution is -2.51. The van der Waals surface area contributed by atoms with E-state index in [2.05, 4.69) is 11.8 Å². The number of piperidine rings is 1. The highest BCUT2D eigenvalue weighted by molar-refractivity contribution is 5.80. The molecule has 0 aromatic carbocycles. The Morgan fingerprint density at radius 3 is 2.32 bits per heavy atom. The molecule has 2 heterocycles. The van der Waals surface area contributed by atoms with E-state index in [4.69, 9.17) is 5.73 Å². The molecule has 5 unspecified atom stereocenters. The van der Waals surface area contributed by atoms with Crippen molar-refractivity contribution in [2.45, 2.75) is 76.1 Å². The van der Waals surface area contributed by atoms with Gasteiger partial charge in [-0.05, 0) is 50.9 Å². The van der Waals surface area contributed by atoms with E-state index < -0.39 is 0 Å². The van der Waals surface area contributed by atoms with Gasteiger partial charge >= 0.3 is 0 Å². The normalized spacial score (nSPS) is 46.4. The van der Waals surface area contributed by atoms with E-state index in [1.165, 1.54) is 0 Å². The van der Waals surface area contributed by atoms with Gasteiger partial charge in [0.2, 0.25) is 5.91 Å². The highest BCUT2D eigenvalue weighted by Gasteiger charge is 2.45. The molecule has 19 heavy (non-hydrogen) atoms. The van der Waals surface area contributed by atoms with Gasteiger partial charge in [0, 0.05) is 24.0 Å². The molecule has 108 valence electrons. The molecule has 1 amide bonds. The summed E-state index contributed by atoms with van der Waals surface area (Å²) < 4.78 is 0. The van der Waals surface area contributed by atoms with E-state index in [-0.39, 0.29) is 18.1 Å². The fourth-order valence-electron chi connectivity index (χ4n) is 4.36. The molecule has 0 spiro atoms. The third-order valence-corrected chi connectivity index (χ3v) is 5.55. The summed E-state index contributed by atoms with van der Waals surface area (Å²) in [6.07, 6.45) is 6.39. The summed E-state index contributed by atoms with van der Waals surface area (Å²) in [6, 6.07) is 0.864. The summed E-state index contributed by atoms with van der Waals surface area (Å²) >= 11 is 0. The van der Waals surface area contributed by atoms with Gasteiger partial charge in [-0.3, -0.25) is 4.79 Å². The number of fused-ring (bicyclic) bond motifs is 2. The van der Waals surface area contributed by atoms with E-state index in [1.54, 1.807) is 0 Å². The first-order chi connectivity index (χ1) is 9.06. The Morgan fingerprint density at radius 2 is 1.74 bits per heavy atom. The van der Waals surface area contributed by atoms with Crippen molar-refractivity contribution in [2.24, 2.45) is 17.6 Å². The SMILES string of the molecule is CC1CC(C(=O)N2C3CCC2CC(O)C3)CCC1N. The summed E-state index contributed by atoms with van der Waals surface area (Å²) in [6.45, 7) is 2.17. The van der Waals surface area contributed by atoms with Crippen molar-refractivity contribution in [3.63, 3.8) is 0 Å². The minimum absolute atomic E-state index is 0.174. The van der Waals surface area contributed by atoms with Gasteiger partial charge in [0.25, 0.3) is 0 Å². The van der Waals surface area contributed by atoms with E-state index in [1.807, 2.05) is 0 Å². The van der Waals surface area contributed by atoms with Crippen LogP contribution in [0.15, 0.2) is 0 Å². The molecule has 0 aromatic rings. The van der Waals surface area contributed by atoms with Crippen molar-refractivity contribution in [1.29, 1.82) is 0 Å². The Balaban J connectivity index is 1.68. The van der Waals surface area contributed by atoms with Gasteiger partial charge in [-0.2, -0.15) is 0 Å². The number of carbonyl (C=O) groups is 1. The first-order valence-corrected chi connectivity index (χ1v) is 7.82.